The van der Waals surface area contributed by atoms with Crippen LogP contribution in [0.3, 0.4) is 0 Å². The van der Waals surface area contributed by atoms with Crippen LogP contribution in [-0.4, -0.2) is 53.9 Å². The van der Waals surface area contributed by atoms with E-state index in [4.69, 9.17) is 24.5 Å². The molecule has 0 amide bonds. The fourth-order valence-corrected chi connectivity index (χ4v) is 2.64. The Bertz CT molecular complexity index is 523. The van der Waals surface area contributed by atoms with Crippen LogP contribution in [0.2, 0.25) is 0 Å². The van der Waals surface area contributed by atoms with Gasteiger partial charge in [0.25, 0.3) is 0 Å². The smallest absolute Gasteiger partial charge is 0.304 e. The summed E-state index contributed by atoms with van der Waals surface area (Å²) in [4.78, 5) is 36.5. The molecule has 10 nitrogen and oxygen atoms in total. The summed E-state index contributed by atoms with van der Waals surface area (Å²) in [6.45, 7) is 3.48. The van der Waals surface area contributed by atoms with Crippen molar-refractivity contribution < 1.29 is 33.3 Å². The molecule has 0 aliphatic carbocycles. The van der Waals surface area contributed by atoms with Crippen molar-refractivity contribution in [2.24, 2.45) is 5.11 Å². The number of hydrogen-bond acceptors (Lipinski definition) is 8. The fraction of sp³-hybridized carbons (Fsp3) is 0.750. The van der Waals surface area contributed by atoms with E-state index in [0.29, 0.717) is 0 Å². The van der Waals surface area contributed by atoms with Gasteiger partial charge in [-0.3, -0.25) is 14.4 Å². The van der Waals surface area contributed by atoms with E-state index in [0.717, 1.165) is 13.8 Å². The Morgan fingerprint density at radius 1 is 1.09 bits per heavy atom. The molecule has 0 radical (unpaired) electrons. The van der Waals surface area contributed by atoms with Crippen molar-refractivity contribution in [2.75, 3.05) is 5.33 Å². The second kappa shape index (κ2) is 8.70. The molecule has 1 rings (SSSR count). The molecule has 1 fully saturated rings. The highest BCUT2D eigenvalue weighted by Crippen LogP contribution is 2.30. The molecule has 23 heavy (non-hydrogen) atoms. The van der Waals surface area contributed by atoms with Crippen LogP contribution in [0.25, 0.3) is 10.4 Å². The molecule has 0 unspecified atom stereocenters. The summed E-state index contributed by atoms with van der Waals surface area (Å²) >= 11 is 3.19. The second-order valence-electron chi connectivity index (χ2n) is 4.65. The summed E-state index contributed by atoms with van der Waals surface area (Å²) in [5.41, 5.74) is 8.72. The van der Waals surface area contributed by atoms with Crippen molar-refractivity contribution in [3.8, 4) is 0 Å². The number of azide groups is 1. The molecule has 0 saturated carbocycles. The molecule has 5 atom stereocenters. The summed E-state index contributed by atoms with van der Waals surface area (Å²) in [6.07, 6.45) is -4.24. The van der Waals surface area contributed by atoms with Crippen molar-refractivity contribution in [1.29, 1.82) is 0 Å². The third kappa shape index (κ3) is 5.38. The number of halogens is 1. The van der Waals surface area contributed by atoms with Gasteiger partial charge in [0.15, 0.2) is 12.2 Å². The Kier molecular flexibility index (Phi) is 7.27. The van der Waals surface area contributed by atoms with Gasteiger partial charge < -0.3 is 18.9 Å². The Hall–Kier alpha value is -1.84. The first kappa shape index (κ1) is 19.2. The maximum atomic E-state index is 11.4. The van der Waals surface area contributed by atoms with E-state index in [1.54, 1.807) is 0 Å². The van der Waals surface area contributed by atoms with Crippen LogP contribution >= 0.6 is 15.9 Å². The maximum Gasteiger partial charge on any atom is 0.304 e. The molecule has 1 heterocycles. The maximum absolute atomic E-state index is 11.4. The van der Waals surface area contributed by atoms with E-state index in [1.807, 2.05) is 0 Å². The summed E-state index contributed by atoms with van der Waals surface area (Å²) in [5, 5.41) is 3.67. The predicted molar refractivity (Wildman–Crippen MR) is 78.3 cm³/mol. The Balaban J connectivity index is 3.23. The Labute approximate surface area is 140 Å². The highest BCUT2D eigenvalue weighted by atomic mass is 79.9. The number of ether oxygens (including phenoxy) is 4. The highest BCUT2D eigenvalue weighted by Gasteiger charge is 2.50. The van der Waals surface area contributed by atoms with Crippen molar-refractivity contribution in [3.63, 3.8) is 0 Å². The number of alkyl halides is 1. The van der Waals surface area contributed by atoms with E-state index < -0.39 is 48.6 Å². The van der Waals surface area contributed by atoms with Crippen molar-refractivity contribution >= 4 is 33.8 Å². The number of nitrogens with zero attached hydrogens (tertiary/aromatic N) is 3. The molecule has 0 aromatic carbocycles. The number of carbonyl (C=O) groups excluding carboxylic acids is 3. The minimum atomic E-state index is -1.28. The topological polar surface area (TPSA) is 137 Å². The van der Waals surface area contributed by atoms with E-state index >= 15 is 0 Å². The molecule has 1 aliphatic rings. The molecule has 0 aromatic heterocycles. The van der Waals surface area contributed by atoms with Crippen LogP contribution in [-0.2, 0) is 33.3 Å². The van der Waals surface area contributed by atoms with Gasteiger partial charge in [-0.25, -0.2) is 0 Å². The molecule has 128 valence electrons. The molecule has 0 spiro atoms. The third-order valence-electron chi connectivity index (χ3n) is 2.84. The fourth-order valence-electron chi connectivity index (χ4n) is 2.12. The monoisotopic (exact) mass is 393 g/mol. The van der Waals surface area contributed by atoms with Crippen LogP contribution in [0, 0.1) is 0 Å². The number of rotatable bonds is 5. The lowest BCUT2D eigenvalue weighted by Gasteiger charge is -2.42. The lowest BCUT2D eigenvalue weighted by atomic mass is 9.97. The van der Waals surface area contributed by atoms with E-state index in [-0.39, 0.29) is 5.33 Å². The van der Waals surface area contributed by atoms with Crippen molar-refractivity contribution in [2.45, 2.75) is 51.4 Å². The molecular weight excluding hydrogens is 378 g/mol. The van der Waals surface area contributed by atoms with Gasteiger partial charge in [-0.15, -0.1) is 0 Å². The van der Waals surface area contributed by atoms with Gasteiger partial charge in [0, 0.05) is 31.0 Å². The van der Waals surface area contributed by atoms with Crippen LogP contribution in [0.5, 0.6) is 0 Å². The minimum absolute atomic E-state index is 0.198. The van der Waals surface area contributed by atoms with E-state index in [1.165, 1.54) is 6.92 Å². The average Bonchev–Trinajstić information content (AvgIpc) is 2.43. The van der Waals surface area contributed by atoms with Gasteiger partial charge in [-0.05, 0) is 5.53 Å². The number of carbonyl (C=O) groups is 3. The molecule has 0 bridgehead atoms. The highest BCUT2D eigenvalue weighted by molar-refractivity contribution is 9.09. The van der Waals surface area contributed by atoms with Gasteiger partial charge in [-0.2, -0.15) is 0 Å². The van der Waals surface area contributed by atoms with Crippen LogP contribution in [0.1, 0.15) is 20.8 Å². The first-order chi connectivity index (χ1) is 10.8. The number of hydrogen-bond donors (Lipinski definition) is 0. The molecule has 11 heteroatoms. The summed E-state index contributed by atoms with van der Waals surface area (Å²) in [7, 11) is 0. The van der Waals surface area contributed by atoms with Crippen LogP contribution in [0.4, 0.5) is 0 Å². The summed E-state index contributed by atoms with van der Waals surface area (Å²) < 4.78 is 20.8. The van der Waals surface area contributed by atoms with Gasteiger partial charge in [0.2, 0.25) is 6.29 Å². The standard InChI is InChI=1S/C12H16BrN3O7/c1-5(17)20-10-8(4-13)23-12(22-7(3)19)9(15-16-14)11(10)21-6(2)18/h8-12H,4H2,1-3H3/t8-,9+,10-,11-,12-/m1/s1. The summed E-state index contributed by atoms with van der Waals surface area (Å²) in [5.74, 6) is -1.98. The van der Waals surface area contributed by atoms with Gasteiger partial charge in [0.05, 0.1) is 0 Å². The Morgan fingerprint density at radius 2 is 1.61 bits per heavy atom. The molecule has 1 saturated heterocycles. The lowest BCUT2D eigenvalue weighted by Crippen LogP contribution is -2.60. The van der Waals surface area contributed by atoms with E-state index in [9.17, 15) is 14.4 Å². The first-order valence-electron chi connectivity index (χ1n) is 6.57. The SMILES string of the molecule is CC(=O)O[C@@H]1O[C@H](CBr)[C@@H](OC(C)=O)[C@H](OC(C)=O)[C@@H]1N=[N+]=[N-]. The van der Waals surface area contributed by atoms with E-state index in [2.05, 4.69) is 26.0 Å². The third-order valence-corrected chi connectivity index (χ3v) is 3.48. The van der Waals surface area contributed by atoms with Crippen LogP contribution in [0.15, 0.2) is 5.11 Å². The van der Waals surface area contributed by atoms with Crippen LogP contribution < -0.4 is 0 Å². The predicted octanol–water partition coefficient (Wildman–Crippen LogP) is 1.21. The largest absolute Gasteiger partial charge is 0.458 e. The van der Waals surface area contributed by atoms with Gasteiger partial charge in [-0.1, -0.05) is 21.0 Å². The Morgan fingerprint density at radius 3 is 2.04 bits per heavy atom. The summed E-state index contributed by atoms with van der Waals surface area (Å²) in [6, 6.07) is -1.20. The first-order valence-corrected chi connectivity index (χ1v) is 7.69. The zero-order chi connectivity index (χ0) is 17.6. The molecule has 0 aromatic rings. The van der Waals surface area contributed by atoms with Crippen molar-refractivity contribution in [1.82, 2.24) is 0 Å². The second-order valence-corrected chi connectivity index (χ2v) is 5.30. The lowest BCUT2D eigenvalue weighted by molar-refractivity contribution is -0.256. The zero-order valence-electron chi connectivity index (χ0n) is 12.7. The number of esters is 3. The quantitative estimate of drug-likeness (QED) is 0.171. The average molecular weight is 394 g/mol. The molecule has 0 N–H and O–H groups in total. The van der Waals surface area contributed by atoms with Gasteiger partial charge >= 0.3 is 17.9 Å². The molecule has 1 aliphatic heterocycles. The normalized spacial score (nSPS) is 29.8. The van der Waals surface area contributed by atoms with Gasteiger partial charge in [0.1, 0.15) is 12.1 Å². The minimum Gasteiger partial charge on any atom is -0.458 e. The molecular formula is C12H16BrN3O7. The van der Waals surface area contributed by atoms with Crippen molar-refractivity contribution in [3.05, 3.63) is 10.4 Å². The zero-order valence-corrected chi connectivity index (χ0v) is 14.3.